The molecule has 0 aliphatic carbocycles. The van der Waals surface area contributed by atoms with E-state index in [0.717, 1.165) is 44.2 Å². The van der Waals surface area contributed by atoms with E-state index in [2.05, 4.69) is 28.6 Å². The van der Waals surface area contributed by atoms with E-state index >= 15 is 0 Å². The molecule has 1 saturated heterocycles. The summed E-state index contributed by atoms with van der Waals surface area (Å²) in [5.41, 5.74) is 0.636. The second-order valence-electron chi connectivity index (χ2n) is 5.25. The van der Waals surface area contributed by atoms with Crippen LogP contribution in [0, 0.1) is 5.92 Å². The van der Waals surface area contributed by atoms with Gasteiger partial charge in [0.1, 0.15) is 5.82 Å². The molecular formula is C14H21N3O. The number of aromatic nitrogens is 1. The van der Waals surface area contributed by atoms with Crippen molar-refractivity contribution >= 4 is 12.1 Å². The molecule has 0 spiro atoms. The van der Waals surface area contributed by atoms with E-state index in [1.165, 1.54) is 6.54 Å². The zero-order valence-electron chi connectivity index (χ0n) is 11.2. The van der Waals surface area contributed by atoms with Crippen LogP contribution in [-0.4, -0.2) is 48.9 Å². The maximum atomic E-state index is 10.6. The van der Waals surface area contributed by atoms with E-state index in [9.17, 15) is 4.79 Å². The highest BCUT2D eigenvalue weighted by Gasteiger charge is 2.18. The summed E-state index contributed by atoms with van der Waals surface area (Å²) in [5.74, 6) is 1.70. The van der Waals surface area contributed by atoms with Crippen molar-refractivity contribution in [3.8, 4) is 0 Å². The molecule has 4 heteroatoms. The largest absolute Gasteiger partial charge is 0.354 e. The zero-order valence-corrected chi connectivity index (χ0v) is 11.2. The molecule has 0 amide bonds. The van der Waals surface area contributed by atoms with Crippen molar-refractivity contribution in [3.63, 3.8) is 0 Å². The van der Waals surface area contributed by atoms with Crippen LogP contribution in [0.4, 0.5) is 5.82 Å². The molecule has 0 N–H and O–H groups in total. The molecule has 2 heterocycles. The molecule has 98 valence electrons. The van der Waals surface area contributed by atoms with E-state index < -0.39 is 0 Å². The number of nitrogens with zero attached hydrogens (tertiary/aromatic N) is 3. The molecule has 4 nitrogen and oxygen atoms in total. The standard InChI is InChI=1S/C14H21N3O/c1-12(2)10-16-5-7-17(8-6-16)14-4-3-13(11-18)9-15-14/h3-4,9,11-12H,5-8,10H2,1-2H3. The highest BCUT2D eigenvalue weighted by atomic mass is 16.1. The van der Waals surface area contributed by atoms with Crippen molar-refractivity contribution in [1.29, 1.82) is 0 Å². The van der Waals surface area contributed by atoms with Crippen LogP contribution < -0.4 is 4.90 Å². The van der Waals surface area contributed by atoms with Crippen molar-refractivity contribution in [2.45, 2.75) is 13.8 Å². The first-order chi connectivity index (χ1) is 8.69. The van der Waals surface area contributed by atoms with Gasteiger partial charge in [0.25, 0.3) is 0 Å². The SMILES string of the molecule is CC(C)CN1CCN(c2ccc(C=O)cn2)CC1. The minimum absolute atomic E-state index is 0.636. The van der Waals surface area contributed by atoms with Crippen molar-refractivity contribution < 1.29 is 4.79 Å². The fourth-order valence-electron chi connectivity index (χ4n) is 2.33. The number of aldehydes is 1. The number of anilines is 1. The van der Waals surface area contributed by atoms with Gasteiger partial charge < -0.3 is 4.90 Å². The third-order valence-corrected chi connectivity index (χ3v) is 3.23. The molecule has 1 aromatic rings. The lowest BCUT2D eigenvalue weighted by atomic mass is 10.2. The summed E-state index contributed by atoms with van der Waals surface area (Å²) in [7, 11) is 0. The number of pyridine rings is 1. The average molecular weight is 247 g/mol. The Morgan fingerprint density at radius 3 is 2.50 bits per heavy atom. The third kappa shape index (κ3) is 3.29. The third-order valence-electron chi connectivity index (χ3n) is 3.23. The lowest BCUT2D eigenvalue weighted by Gasteiger charge is -2.36. The van der Waals surface area contributed by atoms with E-state index in [1.807, 2.05) is 12.1 Å². The Morgan fingerprint density at radius 2 is 2.00 bits per heavy atom. The molecule has 2 rings (SSSR count). The van der Waals surface area contributed by atoms with Gasteiger partial charge in [-0.3, -0.25) is 9.69 Å². The Hall–Kier alpha value is -1.42. The van der Waals surface area contributed by atoms with Crippen LogP contribution >= 0.6 is 0 Å². The minimum atomic E-state index is 0.636. The number of piperazine rings is 1. The first kappa shape index (κ1) is 13.0. The van der Waals surface area contributed by atoms with Crippen LogP contribution in [0.5, 0.6) is 0 Å². The van der Waals surface area contributed by atoms with Gasteiger partial charge >= 0.3 is 0 Å². The van der Waals surface area contributed by atoms with E-state index in [0.29, 0.717) is 5.56 Å². The van der Waals surface area contributed by atoms with E-state index in [4.69, 9.17) is 0 Å². The van der Waals surface area contributed by atoms with Crippen molar-refractivity contribution in [2.75, 3.05) is 37.6 Å². The molecule has 0 saturated carbocycles. The topological polar surface area (TPSA) is 36.4 Å². The predicted molar refractivity (Wildman–Crippen MR) is 73.1 cm³/mol. The van der Waals surface area contributed by atoms with Gasteiger partial charge in [0.05, 0.1) is 0 Å². The fourth-order valence-corrected chi connectivity index (χ4v) is 2.33. The van der Waals surface area contributed by atoms with Crippen LogP contribution in [0.3, 0.4) is 0 Å². The molecule has 0 unspecified atom stereocenters. The fraction of sp³-hybridized carbons (Fsp3) is 0.571. The summed E-state index contributed by atoms with van der Waals surface area (Å²) in [6.45, 7) is 9.90. The summed E-state index contributed by atoms with van der Waals surface area (Å²) >= 11 is 0. The summed E-state index contributed by atoms with van der Waals surface area (Å²) in [4.78, 5) is 19.7. The van der Waals surface area contributed by atoms with Crippen LogP contribution in [0.1, 0.15) is 24.2 Å². The van der Waals surface area contributed by atoms with Crippen molar-refractivity contribution in [2.24, 2.45) is 5.92 Å². The lowest BCUT2D eigenvalue weighted by Crippen LogP contribution is -2.47. The Bertz CT molecular complexity index is 381. The van der Waals surface area contributed by atoms with Crippen LogP contribution in [0.15, 0.2) is 18.3 Å². The van der Waals surface area contributed by atoms with Crippen molar-refractivity contribution in [1.82, 2.24) is 9.88 Å². The maximum Gasteiger partial charge on any atom is 0.151 e. The van der Waals surface area contributed by atoms with Crippen LogP contribution in [-0.2, 0) is 0 Å². The summed E-state index contributed by atoms with van der Waals surface area (Å²) in [6.07, 6.45) is 2.47. The monoisotopic (exact) mass is 247 g/mol. The van der Waals surface area contributed by atoms with Gasteiger partial charge in [-0.25, -0.2) is 4.98 Å². The predicted octanol–water partition coefficient (Wildman–Crippen LogP) is 1.67. The molecule has 1 aliphatic rings. The normalized spacial score (nSPS) is 17.2. The van der Waals surface area contributed by atoms with Crippen molar-refractivity contribution in [3.05, 3.63) is 23.9 Å². The second-order valence-corrected chi connectivity index (χ2v) is 5.25. The Balaban J connectivity index is 1.90. The first-order valence-electron chi connectivity index (χ1n) is 6.57. The zero-order chi connectivity index (χ0) is 13.0. The van der Waals surface area contributed by atoms with Gasteiger partial charge in [0.15, 0.2) is 6.29 Å². The molecule has 1 fully saturated rings. The molecule has 18 heavy (non-hydrogen) atoms. The van der Waals surface area contributed by atoms with Gasteiger partial charge in [-0.2, -0.15) is 0 Å². The summed E-state index contributed by atoms with van der Waals surface area (Å²) in [5, 5.41) is 0. The molecule has 1 aliphatic heterocycles. The Labute approximate surface area is 109 Å². The van der Waals surface area contributed by atoms with Gasteiger partial charge in [0, 0.05) is 44.5 Å². The average Bonchev–Trinajstić information content (AvgIpc) is 2.39. The number of rotatable bonds is 4. The summed E-state index contributed by atoms with van der Waals surface area (Å²) in [6, 6.07) is 3.76. The minimum Gasteiger partial charge on any atom is -0.354 e. The molecule has 0 bridgehead atoms. The smallest absolute Gasteiger partial charge is 0.151 e. The van der Waals surface area contributed by atoms with E-state index in [1.54, 1.807) is 6.20 Å². The van der Waals surface area contributed by atoms with Crippen LogP contribution in [0.2, 0.25) is 0 Å². The first-order valence-corrected chi connectivity index (χ1v) is 6.57. The number of hydrogen-bond acceptors (Lipinski definition) is 4. The maximum absolute atomic E-state index is 10.6. The highest BCUT2D eigenvalue weighted by molar-refractivity contribution is 5.74. The molecule has 1 aromatic heterocycles. The lowest BCUT2D eigenvalue weighted by molar-refractivity contribution is 0.112. The number of carbonyl (C=O) groups is 1. The van der Waals surface area contributed by atoms with Gasteiger partial charge in [-0.05, 0) is 18.1 Å². The van der Waals surface area contributed by atoms with Gasteiger partial charge in [0.2, 0.25) is 0 Å². The Morgan fingerprint density at radius 1 is 1.28 bits per heavy atom. The molecular weight excluding hydrogens is 226 g/mol. The van der Waals surface area contributed by atoms with Crippen LogP contribution in [0.25, 0.3) is 0 Å². The Kier molecular flexibility index (Phi) is 4.31. The van der Waals surface area contributed by atoms with Gasteiger partial charge in [-0.1, -0.05) is 13.8 Å². The quantitative estimate of drug-likeness (QED) is 0.758. The second kappa shape index (κ2) is 5.96. The molecule has 0 atom stereocenters. The van der Waals surface area contributed by atoms with E-state index in [-0.39, 0.29) is 0 Å². The highest BCUT2D eigenvalue weighted by Crippen LogP contribution is 2.14. The molecule has 0 aromatic carbocycles. The number of carbonyl (C=O) groups excluding carboxylic acids is 1. The number of hydrogen-bond donors (Lipinski definition) is 0. The molecule has 0 radical (unpaired) electrons. The van der Waals surface area contributed by atoms with Gasteiger partial charge in [-0.15, -0.1) is 0 Å². The summed E-state index contributed by atoms with van der Waals surface area (Å²) < 4.78 is 0.